The number of phenolic OH excluding ortho intramolecular Hbond substituents is 12. The van der Waals surface area contributed by atoms with E-state index in [2.05, 4.69) is 0 Å². The molecule has 0 aliphatic carbocycles. The van der Waals surface area contributed by atoms with Crippen LogP contribution in [0.1, 0.15) is 89.4 Å². The summed E-state index contributed by atoms with van der Waals surface area (Å²) < 4.78 is 43.4. The van der Waals surface area contributed by atoms with Crippen LogP contribution >= 0.6 is 0 Å². The Morgan fingerprint density at radius 2 is 0.490 bits per heavy atom. The van der Waals surface area contributed by atoms with Crippen LogP contribution in [0.2, 0.25) is 0 Å². The topological polar surface area (TPSA) is 385 Å². The summed E-state index contributed by atoms with van der Waals surface area (Å²) in [5.41, 5.74) is 3.34. The molecule has 0 fully saturated rings. The Kier molecular flexibility index (Phi) is 25.7. The van der Waals surface area contributed by atoms with Crippen molar-refractivity contribution in [2.75, 3.05) is 54.9 Å². The maximum Gasteiger partial charge on any atom is 0.338 e. The monoisotopic (exact) mass is 1320 g/mol. The largest absolute Gasteiger partial charge is 0.504 e. The Bertz CT molecular complexity index is 3560. The van der Waals surface area contributed by atoms with Gasteiger partial charge >= 0.3 is 23.9 Å². The highest BCUT2D eigenvalue weighted by Crippen LogP contribution is 2.40. The first-order valence-corrected chi connectivity index (χ1v) is 30.2. The first kappa shape index (κ1) is 71.9. The van der Waals surface area contributed by atoms with Gasteiger partial charge in [0, 0.05) is 11.8 Å². The van der Waals surface area contributed by atoms with Gasteiger partial charge in [-0.2, -0.15) is 0 Å². The second-order valence-electron chi connectivity index (χ2n) is 22.5. The van der Waals surface area contributed by atoms with Gasteiger partial charge in [0.25, 0.3) is 0 Å². The molecule has 0 aromatic heterocycles. The fraction of sp³-hybridized carbons (Fsp3) is 0.278. The molecule has 8 aromatic rings. The van der Waals surface area contributed by atoms with Crippen LogP contribution in [-0.2, 0) is 44.6 Å². The summed E-state index contributed by atoms with van der Waals surface area (Å²) >= 11 is 0. The second kappa shape index (κ2) is 34.4. The van der Waals surface area contributed by atoms with Crippen molar-refractivity contribution in [2.45, 2.75) is 51.4 Å². The highest BCUT2D eigenvalue weighted by molar-refractivity contribution is 5.93. The van der Waals surface area contributed by atoms with Crippen LogP contribution in [0.3, 0.4) is 0 Å². The minimum absolute atomic E-state index is 0.00144. The smallest absolute Gasteiger partial charge is 0.338 e. The highest BCUT2D eigenvalue weighted by Gasteiger charge is 2.29. The van der Waals surface area contributed by atoms with E-state index in [9.17, 15) is 80.5 Å². The van der Waals surface area contributed by atoms with Crippen LogP contribution in [0.15, 0.2) is 146 Å². The van der Waals surface area contributed by atoms with Crippen LogP contribution in [0.4, 0.5) is 0 Å². The van der Waals surface area contributed by atoms with E-state index in [1.165, 1.54) is 0 Å². The summed E-state index contributed by atoms with van der Waals surface area (Å²) in [5, 5.41) is 117. The van der Waals surface area contributed by atoms with Crippen molar-refractivity contribution in [2.24, 2.45) is 23.7 Å². The number of carbonyl (C=O) groups excluding carboxylic acids is 4. The zero-order chi connectivity index (χ0) is 69.6. The molecule has 0 bridgehead atoms. The van der Waals surface area contributed by atoms with Crippen LogP contribution in [0, 0.1) is 23.7 Å². The Hall–Kier alpha value is -11.6. The number of hydrogen-bond donors (Lipinski definition) is 12. The molecule has 8 aromatic carbocycles. The SMILES string of the molecule is COc1ccc(C[C@@H](CCCOC(=O)c2cc(O)c(O)c(O)c2)[C@H](COC(=O)c2cc(O)c(O)c(O)c2)Cc2ccc(OC)cc2)cc1.COc1ccc(C[C@H](CCCOC(=O)c2cc(O)c(O)c(O)c2)[C@@H](COC(=O)c2cc(O)c(O)c(O)c2)Cc2ccc(OC)cc2)cc1. The van der Waals surface area contributed by atoms with Crippen molar-refractivity contribution >= 4 is 23.9 Å². The van der Waals surface area contributed by atoms with Gasteiger partial charge in [-0.15, -0.1) is 0 Å². The summed E-state index contributed by atoms with van der Waals surface area (Å²) in [6.45, 7) is -0.0806. The molecule has 0 spiro atoms. The van der Waals surface area contributed by atoms with Gasteiger partial charge in [-0.05, 0) is 183 Å². The number of aromatic hydroxyl groups is 12. The average Bonchev–Trinajstić information content (AvgIpc) is 0.911. The van der Waals surface area contributed by atoms with Gasteiger partial charge in [0.15, 0.2) is 69.0 Å². The Balaban J connectivity index is 0.000000271. The number of esters is 4. The zero-order valence-corrected chi connectivity index (χ0v) is 52.9. The van der Waals surface area contributed by atoms with Gasteiger partial charge in [0.2, 0.25) is 0 Å². The maximum absolute atomic E-state index is 13.0. The number of phenols is 12. The number of rotatable bonds is 30. The lowest BCUT2D eigenvalue weighted by molar-refractivity contribution is 0.0358. The molecular weight excluding hydrogens is 1250 g/mol. The van der Waals surface area contributed by atoms with Crippen LogP contribution in [0.5, 0.6) is 92.0 Å². The van der Waals surface area contributed by atoms with E-state index in [4.69, 9.17) is 37.9 Å². The number of ether oxygens (including phenoxy) is 8. The van der Waals surface area contributed by atoms with Gasteiger partial charge in [0.1, 0.15) is 23.0 Å². The van der Waals surface area contributed by atoms with Gasteiger partial charge in [-0.1, -0.05) is 48.5 Å². The lowest BCUT2D eigenvalue weighted by atomic mass is 9.80. The summed E-state index contributed by atoms with van der Waals surface area (Å²) in [6.07, 6.45) is 4.01. The van der Waals surface area contributed by atoms with Gasteiger partial charge in [-0.3, -0.25) is 0 Å². The lowest BCUT2D eigenvalue weighted by Gasteiger charge is -2.28. The summed E-state index contributed by atoms with van der Waals surface area (Å²) in [5.74, 6) is -9.47. The molecule has 0 aliphatic heterocycles. The predicted molar refractivity (Wildman–Crippen MR) is 346 cm³/mol. The molecule has 0 unspecified atom stereocenters. The van der Waals surface area contributed by atoms with E-state index >= 15 is 0 Å². The number of benzene rings is 8. The summed E-state index contributed by atoms with van der Waals surface area (Å²) in [4.78, 5) is 51.3. The van der Waals surface area contributed by atoms with Gasteiger partial charge < -0.3 is 99.2 Å². The van der Waals surface area contributed by atoms with Crippen LogP contribution in [0.25, 0.3) is 0 Å². The molecule has 12 N–H and O–H groups in total. The van der Waals surface area contributed by atoms with Crippen molar-refractivity contribution in [1.29, 1.82) is 0 Å². The molecule has 0 radical (unpaired) electrons. The third-order valence-electron chi connectivity index (χ3n) is 15.9. The molecule has 0 aliphatic rings. The molecule has 96 heavy (non-hydrogen) atoms. The third-order valence-corrected chi connectivity index (χ3v) is 15.9. The first-order chi connectivity index (χ1) is 46.0. The number of methoxy groups -OCH3 is 4. The van der Waals surface area contributed by atoms with Crippen molar-refractivity contribution in [1.82, 2.24) is 0 Å². The molecule has 0 heterocycles. The van der Waals surface area contributed by atoms with Crippen molar-refractivity contribution in [3.8, 4) is 92.0 Å². The molecule has 24 nitrogen and oxygen atoms in total. The number of hydrogen-bond acceptors (Lipinski definition) is 24. The molecule has 24 heteroatoms. The quantitative estimate of drug-likeness (QED) is 0.00861. The minimum Gasteiger partial charge on any atom is -0.504 e. The van der Waals surface area contributed by atoms with E-state index in [-0.39, 0.29) is 72.4 Å². The Labute approximate surface area is 552 Å². The molecule has 8 rings (SSSR count). The fourth-order valence-corrected chi connectivity index (χ4v) is 10.6. The lowest BCUT2D eigenvalue weighted by Crippen LogP contribution is -2.26. The number of carbonyl (C=O) groups is 4. The van der Waals surface area contributed by atoms with E-state index in [1.807, 2.05) is 97.1 Å². The standard InChI is InChI=1S/2C36H38O12/c2*1-45-27-9-5-21(6-10-27)14-23(4-3-13-47-35(43)24-16-29(37)33(41)30(38)17-24)26(15-22-7-11-28(46-2)12-8-22)20-48-36(44)25-18-31(39)34(42)32(40)19-25/h2*5-12,16-19,23,26,37-42H,3-4,13-15,20H2,1-2H3/t2*23-,26+/m10/s1. The van der Waals surface area contributed by atoms with E-state index in [0.29, 0.717) is 74.4 Å². The Morgan fingerprint density at radius 1 is 0.292 bits per heavy atom. The molecule has 508 valence electrons. The van der Waals surface area contributed by atoms with Crippen LogP contribution in [-0.4, -0.2) is 140 Å². The maximum atomic E-state index is 13.0. The Morgan fingerprint density at radius 3 is 0.698 bits per heavy atom. The normalized spacial score (nSPS) is 12.1. The summed E-state index contributed by atoms with van der Waals surface area (Å²) in [7, 11) is 6.29. The summed E-state index contributed by atoms with van der Waals surface area (Å²) in [6, 6.07) is 38.1. The van der Waals surface area contributed by atoms with Gasteiger partial charge in [-0.25, -0.2) is 19.2 Å². The highest BCUT2D eigenvalue weighted by atomic mass is 16.5. The molecular formula is C72H76O24. The molecule has 0 saturated heterocycles. The van der Waals surface area contributed by atoms with E-state index < -0.39 is 92.9 Å². The molecule has 0 saturated carbocycles. The van der Waals surface area contributed by atoms with Crippen molar-refractivity contribution < 1.29 is 118 Å². The van der Waals surface area contributed by atoms with E-state index in [0.717, 1.165) is 70.8 Å². The zero-order valence-electron chi connectivity index (χ0n) is 52.9. The molecule has 4 atom stereocenters. The van der Waals surface area contributed by atoms with Crippen molar-refractivity contribution in [3.05, 3.63) is 190 Å². The third kappa shape index (κ3) is 20.2. The van der Waals surface area contributed by atoms with Gasteiger partial charge in [0.05, 0.1) is 77.1 Å². The van der Waals surface area contributed by atoms with Crippen molar-refractivity contribution in [3.63, 3.8) is 0 Å². The first-order valence-electron chi connectivity index (χ1n) is 30.2. The second-order valence-corrected chi connectivity index (χ2v) is 22.5. The van der Waals surface area contributed by atoms with E-state index in [1.54, 1.807) is 28.4 Å². The predicted octanol–water partition coefficient (Wildman–Crippen LogP) is 10.9. The fourth-order valence-electron chi connectivity index (χ4n) is 10.6. The van der Waals surface area contributed by atoms with Crippen LogP contribution < -0.4 is 18.9 Å². The molecule has 0 amide bonds. The minimum atomic E-state index is -0.808. The average molecular weight is 1330 g/mol.